The number of rotatable bonds is 8. The summed E-state index contributed by atoms with van der Waals surface area (Å²) in [6.07, 6.45) is 0. The van der Waals surface area contributed by atoms with E-state index in [-0.39, 0.29) is 12.1 Å². The van der Waals surface area contributed by atoms with Gasteiger partial charge in [0.1, 0.15) is 5.82 Å². The van der Waals surface area contributed by atoms with Crippen LogP contribution in [0.1, 0.15) is 25.5 Å². The Labute approximate surface area is 117 Å². The zero-order valence-corrected chi connectivity index (χ0v) is 11.9. The molecule has 1 aromatic carbocycles. The molecule has 20 heavy (non-hydrogen) atoms. The first-order valence-corrected chi connectivity index (χ1v) is 6.83. The molecule has 1 rings (SSSR count). The van der Waals surface area contributed by atoms with Crippen molar-refractivity contribution in [3.63, 3.8) is 0 Å². The highest BCUT2D eigenvalue weighted by molar-refractivity contribution is 5.23. The van der Waals surface area contributed by atoms with E-state index in [9.17, 15) is 13.2 Å². The SMILES string of the molecule is CCN(CC)CCNC(CN)c1cc(F)c(F)cc1F. The normalized spacial score (nSPS) is 12.9. The van der Waals surface area contributed by atoms with Gasteiger partial charge in [0.25, 0.3) is 0 Å². The summed E-state index contributed by atoms with van der Waals surface area (Å²) < 4.78 is 39.8. The Balaban J connectivity index is 2.69. The van der Waals surface area contributed by atoms with E-state index < -0.39 is 23.5 Å². The van der Waals surface area contributed by atoms with E-state index in [0.717, 1.165) is 25.7 Å². The topological polar surface area (TPSA) is 41.3 Å². The molecule has 0 amide bonds. The maximum absolute atomic E-state index is 13.7. The summed E-state index contributed by atoms with van der Waals surface area (Å²) in [7, 11) is 0. The smallest absolute Gasteiger partial charge is 0.161 e. The van der Waals surface area contributed by atoms with Crippen LogP contribution in [0.4, 0.5) is 13.2 Å². The van der Waals surface area contributed by atoms with Gasteiger partial charge in [-0.05, 0) is 19.2 Å². The lowest BCUT2D eigenvalue weighted by Crippen LogP contribution is -2.36. The van der Waals surface area contributed by atoms with Crippen molar-refractivity contribution in [3.05, 3.63) is 35.1 Å². The van der Waals surface area contributed by atoms with Crippen molar-refractivity contribution < 1.29 is 13.2 Å². The van der Waals surface area contributed by atoms with Gasteiger partial charge in [0.15, 0.2) is 11.6 Å². The molecule has 0 heterocycles. The molecule has 1 unspecified atom stereocenters. The Bertz CT molecular complexity index is 422. The molecule has 0 spiro atoms. The minimum atomic E-state index is -1.19. The van der Waals surface area contributed by atoms with Crippen molar-refractivity contribution in [1.82, 2.24) is 10.2 Å². The maximum Gasteiger partial charge on any atom is 0.161 e. The average molecular weight is 289 g/mol. The maximum atomic E-state index is 13.7. The number of nitrogens with zero attached hydrogens (tertiary/aromatic N) is 1. The first-order valence-electron chi connectivity index (χ1n) is 6.83. The zero-order valence-electron chi connectivity index (χ0n) is 11.9. The van der Waals surface area contributed by atoms with Crippen LogP contribution in [0, 0.1) is 17.5 Å². The summed E-state index contributed by atoms with van der Waals surface area (Å²) in [5, 5.41) is 3.08. The molecule has 6 heteroatoms. The first kappa shape index (κ1) is 16.9. The average Bonchev–Trinajstić information content (AvgIpc) is 2.44. The third-order valence-corrected chi connectivity index (χ3v) is 3.36. The summed E-state index contributed by atoms with van der Waals surface area (Å²) in [5.41, 5.74) is 5.65. The molecular formula is C14H22F3N3. The minimum Gasteiger partial charge on any atom is -0.329 e. The Morgan fingerprint density at radius 2 is 1.70 bits per heavy atom. The van der Waals surface area contributed by atoms with Crippen LogP contribution in [-0.2, 0) is 0 Å². The monoisotopic (exact) mass is 289 g/mol. The van der Waals surface area contributed by atoms with E-state index >= 15 is 0 Å². The summed E-state index contributed by atoms with van der Waals surface area (Å²) in [6, 6.07) is 0.895. The number of hydrogen-bond acceptors (Lipinski definition) is 3. The van der Waals surface area contributed by atoms with E-state index in [4.69, 9.17) is 5.73 Å². The van der Waals surface area contributed by atoms with Crippen LogP contribution in [0.25, 0.3) is 0 Å². The van der Waals surface area contributed by atoms with Gasteiger partial charge in [-0.1, -0.05) is 13.8 Å². The third-order valence-electron chi connectivity index (χ3n) is 3.36. The van der Waals surface area contributed by atoms with Crippen LogP contribution in [0.15, 0.2) is 12.1 Å². The fraction of sp³-hybridized carbons (Fsp3) is 0.571. The molecule has 3 nitrogen and oxygen atoms in total. The standard InChI is InChI=1S/C14H22F3N3/c1-3-20(4-2)6-5-19-14(9-18)10-7-12(16)13(17)8-11(10)15/h7-8,14,19H,3-6,9,18H2,1-2H3. The van der Waals surface area contributed by atoms with E-state index in [1.165, 1.54) is 0 Å². The van der Waals surface area contributed by atoms with Gasteiger partial charge in [-0.25, -0.2) is 13.2 Å². The van der Waals surface area contributed by atoms with Crippen molar-refractivity contribution in [3.8, 4) is 0 Å². The molecule has 0 aliphatic carbocycles. The predicted octanol–water partition coefficient (Wildman–Crippen LogP) is 2.04. The highest BCUT2D eigenvalue weighted by Crippen LogP contribution is 2.19. The Hall–Kier alpha value is -1.11. The molecule has 0 aromatic heterocycles. The predicted molar refractivity (Wildman–Crippen MR) is 73.9 cm³/mol. The summed E-state index contributed by atoms with van der Waals surface area (Å²) in [6.45, 7) is 7.45. The molecule has 1 atom stereocenters. The number of nitrogens with one attached hydrogen (secondary N) is 1. The lowest BCUT2D eigenvalue weighted by atomic mass is 10.1. The molecule has 3 N–H and O–H groups in total. The molecule has 0 saturated heterocycles. The number of halogens is 3. The van der Waals surface area contributed by atoms with Gasteiger partial charge in [-0.3, -0.25) is 0 Å². The molecule has 0 aliphatic heterocycles. The Morgan fingerprint density at radius 1 is 1.10 bits per heavy atom. The fourth-order valence-electron chi connectivity index (χ4n) is 2.06. The van der Waals surface area contributed by atoms with Crippen LogP contribution in [0.2, 0.25) is 0 Å². The fourth-order valence-corrected chi connectivity index (χ4v) is 2.06. The minimum absolute atomic E-state index is 0.0611. The van der Waals surface area contributed by atoms with E-state index in [0.29, 0.717) is 12.6 Å². The van der Waals surface area contributed by atoms with E-state index in [1.54, 1.807) is 0 Å². The highest BCUT2D eigenvalue weighted by atomic mass is 19.2. The lowest BCUT2D eigenvalue weighted by molar-refractivity contribution is 0.296. The van der Waals surface area contributed by atoms with E-state index in [2.05, 4.69) is 24.1 Å². The third kappa shape index (κ3) is 4.47. The van der Waals surface area contributed by atoms with Crippen LogP contribution in [-0.4, -0.2) is 37.6 Å². The van der Waals surface area contributed by atoms with Crippen LogP contribution >= 0.6 is 0 Å². The van der Waals surface area contributed by atoms with Gasteiger partial charge in [0.05, 0.1) is 0 Å². The van der Waals surface area contributed by atoms with Gasteiger partial charge in [0.2, 0.25) is 0 Å². The van der Waals surface area contributed by atoms with Crippen molar-refractivity contribution in [2.45, 2.75) is 19.9 Å². The molecule has 0 bridgehead atoms. The second-order valence-electron chi connectivity index (χ2n) is 4.56. The molecule has 1 aromatic rings. The van der Waals surface area contributed by atoms with Gasteiger partial charge < -0.3 is 16.0 Å². The van der Waals surface area contributed by atoms with Gasteiger partial charge in [-0.2, -0.15) is 0 Å². The molecule has 114 valence electrons. The van der Waals surface area contributed by atoms with Crippen LogP contribution in [0.5, 0.6) is 0 Å². The lowest BCUT2D eigenvalue weighted by Gasteiger charge is -2.22. The second kappa shape index (κ2) is 8.24. The molecule has 0 radical (unpaired) electrons. The quantitative estimate of drug-likeness (QED) is 0.720. The second-order valence-corrected chi connectivity index (χ2v) is 4.56. The zero-order chi connectivity index (χ0) is 15.1. The summed E-state index contributed by atoms with van der Waals surface area (Å²) in [5.74, 6) is -3.04. The van der Waals surface area contributed by atoms with Gasteiger partial charge >= 0.3 is 0 Å². The first-order chi connectivity index (χ1) is 9.53. The van der Waals surface area contributed by atoms with Gasteiger partial charge in [0, 0.05) is 37.3 Å². The summed E-state index contributed by atoms with van der Waals surface area (Å²) >= 11 is 0. The van der Waals surface area contributed by atoms with Crippen molar-refractivity contribution in [2.75, 3.05) is 32.7 Å². The molecule has 0 fully saturated rings. The van der Waals surface area contributed by atoms with Crippen molar-refractivity contribution in [1.29, 1.82) is 0 Å². The number of benzene rings is 1. The van der Waals surface area contributed by atoms with Crippen molar-refractivity contribution in [2.24, 2.45) is 5.73 Å². The van der Waals surface area contributed by atoms with Crippen molar-refractivity contribution >= 4 is 0 Å². The Kier molecular flexibility index (Phi) is 6.98. The highest BCUT2D eigenvalue weighted by Gasteiger charge is 2.17. The number of hydrogen-bond donors (Lipinski definition) is 2. The number of nitrogens with two attached hydrogens (primary N) is 1. The van der Waals surface area contributed by atoms with Crippen LogP contribution in [0.3, 0.4) is 0 Å². The molecule has 0 saturated carbocycles. The van der Waals surface area contributed by atoms with Crippen LogP contribution < -0.4 is 11.1 Å². The Morgan fingerprint density at radius 3 is 2.25 bits per heavy atom. The molecule has 0 aliphatic rings. The largest absolute Gasteiger partial charge is 0.329 e. The summed E-state index contributed by atoms with van der Waals surface area (Å²) in [4.78, 5) is 2.20. The van der Waals surface area contributed by atoms with E-state index in [1.807, 2.05) is 0 Å². The van der Waals surface area contributed by atoms with Gasteiger partial charge in [-0.15, -0.1) is 0 Å². The molecular weight excluding hydrogens is 267 g/mol. The number of likely N-dealkylation sites (N-methyl/N-ethyl adjacent to an activating group) is 1.